The molecule has 176 valence electrons. The number of aromatic nitrogens is 1. The summed E-state index contributed by atoms with van der Waals surface area (Å²) in [5, 5.41) is 2.08. The molecule has 1 heterocycles. The lowest BCUT2D eigenvalue weighted by molar-refractivity contribution is -0.126. The molecule has 6 rings (SSSR count). The van der Waals surface area contributed by atoms with Gasteiger partial charge in [-0.1, -0.05) is 61.5 Å². The summed E-state index contributed by atoms with van der Waals surface area (Å²) >= 11 is 1.60. The number of Topliss-reactive ketones (excluding diaryl/α,β-unsaturated/α-hetero) is 1. The molecule has 4 heteroatoms. The van der Waals surface area contributed by atoms with Gasteiger partial charge in [-0.05, 0) is 86.0 Å². The average Bonchev–Trinajstić information content (AvgIpc) is 3.20. The van der Waals surface area contributed by atoms with Gasteiger partial charge in [-0.3, -0.25) is 9.59 Å². The molecule has 3 fully saturated rings. The van der Waals surface area contributed by atoms with Gasteiger partial charge in [-0.2, -0.15) is 0 Å². The Morgan fingerprint density at radius 1 is 1.06 bits per heavy atom. The molecule has 6 unspecified atom stereocenters. The second-order valence-corrected chi connectivity index (χ2v) is 12.4. The van der Waals surface area contributed by atoms with Gasteiger partial charge < -0.3 is 0 Å². The molecule has 34 heavy (non-hydrogen) atoms. The van der Waals surface area contributed by atoms with Gasteiger partial charge in [0, 0.05) is 16.7 Å². The Balaban J connectivity index is 1.17. The maximum Gasteiger partial charge on any atom is 0.178 e. The zero-order chi connectivity index (χ0) is 23.5. The van der Waals surface area contributed by atoms with Gasteiger partial charge >= 0.3 is 0 Å². The van der Waals surface area contributed by atoms with E-state index in [4.69, 9.17) is 4.98 Å². The number of rotatable bonds is 4. The molecule has 1 aromatic carbocycles. The van der Waals surface area contributed by atoms with Gasteiger partial charge in [-0.15, -0.1) is 0 Å². The second-order valence-electron chi connectivity index (χ2n) is 11.4. The summed E-state index contributed by atoms with van der Waals surface area (Å²) in [7, 11) is 0. The highest BCUT2D eigenvalue weighted by atomic mass is 32.2. The van der Waals surface area contributed by atoms with Crippen molar-refractivity contribution in [2.24, 2.45) is 34.5 Å². The number of nitrogens with zero attached hydrogens (tertiary/aromatic N) is 1. The summed E-state index contributed by atoms with van der Waals surface area (Å²) < 4.78 is 0. The first-order chi connectivity index (χ1) is 16.4. The molecule has 0 saturated heterocycles. The topological polar surface area (TPSA) is 47.0 Å². The van der Waals surface area contributed by atoms with E-state index in [1.807, 2.05) is 30.3 Å². The molecule has 0 amide bonds. The molecular formula is C30H33NO2S. The zero-order valence-corrected chi connectivity index (χ0v) is 20.9. The fraction of sp³-hybridized carbons (Fsp3) is 0.500. The quantitative estimate of drug-likeness (QED) is 0.459. The molecule has 0 radical (unpaired) electrons. The monoisotopic (exact) mass is 471 g/mol. The van der Waals surface area contributed by atoms with Crippen molar-refractivity contribution in [3.8, 4) is 0 Å². The van der Waals surface area contributed by atoms with Gasteiger partial charge in [0.05, 0.1) is 16.3 Å². The molecule has 3 nitrogen and oxygen atoms in total. The van der Waals surface area contributed by atoms with Crippen LogP contribution in [0.4, 0.5) is 0 Å². The third kappa shape index (κ3) is 3.44. The molecular weight excluding hydrogens is 438 g/mol. The van der Waals surface area contributed by atoms with Crippen LogP contribution in [0.1, 0.15) is 52.4 Å². The fourth-order valence-corrected chi connectivity index (χ4v) is 8.92. The van der Waals surface area contributed by atoms with Crippen LogP contribution in [0, 0.1) is 34.5 Å². The summed E-state index contributed by atoms with van der Waals surface area (Å²) in [4.78, 5) is 30.3. The van der Waals surface area contributed by atoms with E-state index in [-0.39, 0.29) is 22.5 Å². The predicted molar refractivity (Wildman–Crippen MR) is 138 cm³/mol. The number of hydrogen-bond donors (Lipinski definition) is 0. The molecule has 3 saturated carbocycles. The highest BCUT2D eigenvalue weighted by Crippen LogP contribution is 2.66. The number of ketones is 2. The number of thioether (sulfide) groups is 1. The minimum atomic E-state index is 0.0257. The number of benzene rings is 1. The minimum absolute atomic E-state index is 0.0257. The predicted octanol–water partition coefficient (Wildman–Crippen LogP) is 6.82. The van der Waals surface area contributed by atoms with Gasteiger partial charge in [-0.25, -0.2) is 4.98 Å². The van der Waals surface area contributed by atoms with Gasteiger partial charge in [0.1, 0.15) is 5.78 Å². The van der Waals surface area contributed by atoms with E-state index in [1.54, 1.807) is 17.8 Å². The van der Waals surface area contributed by atoms with E-state index in [2.05, 4.69) is 32.1 Å². The Hall–Kier alpha value is -2.20. The van der Waals surface area contributed by atoms with Crippen molar-refractivity contribution in [3.63, 3.8) is 0 Å². The number of carbonyl (C=O) groups excluding carboxylic acids is 2. The zero-order valence-electron chi connectivity index (χ0n) is 20.1. The largest absolute Gasteiger partial charge is 0.298 e. The molecule has 0 N–H and O–H groups in total. The number of carbonyl (C=O) groups is 2. The lowest BCUT2D eigenvalue weighted by Gasteiger charge is -2.57. The number of pyridine rings is 1. The summed E-state index contributed by atoms with van der Waals surface area (Å²) in [5.74, 6) is 3.12. The van der Waals surface area contributed by atoms with E-state index in [0.29, 0.717) is 29.3 Å². The lowest BCUT2D eigenvalue weighted by Crippen LogP contribution is -2.50. The van der Waals surface area contributed by atoms with Crippen LogP contribution in [0.2, 0.25) is 0 Å². The Kier molecular flexibility index (Phi) is 5.36. The van der Waals surface area contributed by atoms with E-state index in [9.17, 15) is 9.59 Å². The van der Waals surface area contributed by atoms with Crippen molar-refractivity contribution in [1.29, 1.82) is 0 Å². The van der Waals surface area contributed by atoms with Crippen LogP contribution in [-0.2, 0) is 9.59 Å². The first kappa shape index (κ1) is 22.3. The maximum absolute atomic E-state index is 13.5. The van der Waals surface area contributed by atoms with Crippen LogP contribution < -0.4 is 0 Å². The van der Waals surface area contributed by atoms with Crippen LogP contribution in [0.5, 0.6) is 0 Å². The Morgan fingerprint density at radius 2 is 1.91 bits per heavy atom. The molecule has 4 aliphatic carbocycles. The number of allylic oxidation sites excluding steroid dienone is 4. The van der Waals surface area contributed by atoms with Crippen molar-refractivity contribution in [2.45, 2.75) is 57.4 Å². The normalized spacial score (nSPS) is 36.5. The van der Waals surface area contributed by atoms with E-state index >= 15 is 0 Å². The first-order valence-electron chi connectivity index (χ1n) is 12.8. The van der Waals surface area contributed by atoms with Crippen molar-refractivity contribution < 1.29 is 9.59 Å². The molecule has 0 spiro atoms. The van der Waals surface area contributed by atoms with Crippen molar-refractivity contribution >= 4 is 34.2 Å². The first-order valence-corrected chi connectivity index (χ1v) is 13.8. The van der Waals surface area contributed by atoms with E-state index < -0.39 is 0 Å². The van der Waals surface area contributed by atoms with Crippen molar-refractivity contribution in [1.82, 2.24) is 4.98 Å². The van der Waals surface area contributed by atoms with Crippen LogP contribution in [0.25, 0.3) is 10.9 Å². The molecule has 6 atom stereocenters. The third-order valence-corrected chi connectivity index (χ3v) is 10.8. The van der Waals surface area contributed by atoms with Crippen LogP contribution in [0.3, 0.4) is 0 Å². The van der Waals surface area contributed by atoms with Crippen molar-refractivity contribution in [2.75, 3.05) is 5.75 Å². The maximum atomic E-state index is 13.5. The van der Waals surface area contributed by atoms with Gasteiger partial charge in [0.25, 0.3) is 0 Å². The fourth-order valence-electron chi connectivity index (χ4n) is 8.10. The van der Waals surface area contributed by atoms with Crippen LogP contribution >= 0.6 is 11.8 Å². The highest BCUT2D eigenvalue weighted by Gasteiger charge is 2.59. The summed E-state index contributed by atoms with van der Waals surface area (Å²) in [6, 6.07) is 12.3. The molecule has 0 bridgehead atoms. The molecule has 0 aliphatic heterocycles. The van der Waals surface area contributed by atoms with E-state index in [1.165, 1.54) is 18.4 Å². The average molecular weight is 472 g/mol. The number of para-hydroxylation sites is 1. The standard InChI is InChI=1S/C30H33NO2S/c1-29-15-13-21(32)17-20(29)8-9-22-23-10-11-25(30(23,2)16-14-24(22)29)27(33)18-34-28-12-7-19-5-3-4-6-26(19)31-28/h3-7,12-13,15,17,22-25H,8-11,14,16,18H2,1-2H3. The summed E-state index contributed by atoms with van der Waals surface area (Å²) in [6.45, 7) is 4.77. The van der Waals surface area contributed by atoms with Crippen LogP contribution in [0.15, 0.2) is 65.2 Å². The summed E-state index contributed by atoms with van der Waals surface area (Å²) in [5.41, 5.74) is 2.47. The summed E-state index contributed by atoms with van der Waals surface area (Å²) in [6.07, 6.45) is 12.6. The molecule has 2 aromatic rings. The Labute approximate surface area is 206 Å². The number of fused-ring (bicyclic) bond motifs is 6. The SMILES string of the molecule is CC12C=CC(=O)C=C1CCC1C2CCC2(C)C(C(=O)CSc3ccc4ccccc4n3)CCC12. The number of hydrogen-bond acceptors (Lipinski definition) is 4. The van der Waals surface area contributed by atoms with E-state index in [0.717, 1.165) is 41.6 Å². The van der Waals surface area contributed by atoms with Crippen molar-refractivity contribution in [3.05, 3.63) is 60.2 Å². The highest BCUT2D eigenvalue weighted by molar-refractivity contribution is 7.99. The molecule has 1 aromatic heterocycles. The lowest BCUT2D eigenvalue weighted by atomic mass is 9.47. The third-order valence-electron chi connectivity index (χ3n) is 9.88. The second kappa shape index (κ2) is 8.19. The molecule has 4 aliphatic rings. The van der Waals surface area contributed by atoms with Gasteiger partial charge in [0.2, 0.25) is 0 Å². The Morgan fingerprint density at radius 3 is 2.79 bits per heavy atom. The van der Waals surface area contributed by atoms with Gasteiger partial charge in [0.15, 0.2) is 5.78 Å². The minimum Gasteiger partial charge on any atom is -0.298 e. The smallest absolute Gasteiger partial charge is 0.178 e. The Bertz CT molecular complexity index is 1230. The van der Waals surface area contributed by atoms with Crippen LogP contribution in [-0.4, -0.2) is 22.3 Å².